The van der Waals surface area contributed by atoms with E-state index in [2.05, 4.69) is 20.3 Å². The minimum absolute atomic E-state index is 0.124. The van der Waals surface area contributed by atoms with Crippen LogP contribution in [-0.4, -0.2) is 51.5 Å². The number of carbonyl (C=O) groups is 2. The normalized spacial score (nSPS) is 18.4. The zero-order valence-corrected chi connectivity index (χ0v) is 20.2. The van der Waals surface area contributed by atoms with Gasteiger partial charge in [-0.1, -0.05) is 46.2 Å². The van der Waals surface area contributed by atoms with Gasteiger partial charge in [0.25, 0.3) is 10.0 Å². The molecule has 2 amide bonds. The number of amidine groups is 1. The second-order valence-electron chi connectivity index (χ2n) is 8.35. The maximum atomic E-state index is 13.1. The van der Waals surface area contributed by atoms with Crippen LogP contribution in [0, 0.1) is 11.8 Å². The molecule has 9 nitrogen and oxygen atoms in total. The smallest absolute Gasteiger partial charge is 0.407 e. The van der Waals surface area contributed by atoms with E-state index in [1.807, 2.05) is 27.7 Å². The lowest BCUT2D eigenvalue weighted by atomic mass is 9.98. The third-order valence-corrected chi connectivity index (χ3v) is 6.66. The predicted molar refractivity (Wildman–Crippen MR) is 123 cm³/mol. The van der Waals surface area contributed by atoms with E-state index in [0.29, 0.717) is 24.3 Å². The number of nitrogens with zero attached hydrogens (tertiary/aromatic N) is 1. The van der Waals surface area contributed by atoms with Gasteiger partial charge in [-0.3, -0.25) is 14.5 Å². The van der Waals surface area contributed by atoms with Crippen molar-refractivity contribution in [2.45, 2.75) is 64.4 Å². The number of rotatable bonds is 10. The Morgan fingerprint density at radius 2 is 1.84 bits per heavy atom. The zero-order chi connectivity index (χ0) is 23.9. The lowest BCUT2D eigenvalue weighted by molar-refractivity contribution is -0.123. The first-order valence-electron chi connectivity index (χ1n) is 11.0. The standard InChI is InChI=1S/C22H34N4O5S/c1-6-15(5)19(25-20-17-10-8-9-11-18(17)32(29,30)26-20)21(27)23-13-16(12-14(3)4)24-22(28)31-7-2/h8-11,14-16,19H,6-7,12-13H2,1-5H3,(H,23,27)(H,24,28)(H,25,26)/t15-,16?,19-/m0/s1. The zero-order valence-electron chi connectivity index (χ0n) is 19.3. The van der Waals surface area contributed by atoms with Crippen LogP contribution in [0.1, 0.15) is 53.0 Å². The summed E-state index contributed by atoms with van der Waals surface area (Å²) in [5, 5.41) is 5.66. The van der Waals surface area contributed by atoms with Crippen LogP contribution in [0.3, 0.4) is 0 Å². The summed E-state index contributed by atoms with van der Waals surface area (Å²) in [6.07, 6.45) is 0.817. The van der Waals surface area contributed by atoms with Crippen molar-refractivity contribution in [2.75, 3.05) is 13.2 Å². The molecule has 0 spiro atoms. The van der Waals surface area contributed by atoms with Crippen LogP contribution in [0.25, 0.3) is 0 Å². The number of nitrogens with one attached hydrogen (secondary N) is 3. The Hall–Kier alpha value is -2.62. The molecule has 0 aliphatic carbocycles. The highest BCUT2D eigenvalue weighted by molar-refractivity contribution is 7.90. The molecule has 1 aliphatic heterocycles. The van der Waals surface area contributed by atoms with Crippen molar-refractivity contribution in [3.05, 3.63) is 29.8 Å². The second-order valence-corrected chi connectivity index (χ2v) is 10.00. The topological polar surface area (TPSA) is 126 Å². The summed E-state index contributed by atoms with van der Waals surface area (Å²) >= 11 is 0. The van der Waals surface area contributed by atoms with E-state index in [0.717, 1.165) is 0 Å². The van der Waals surface area contributed by atoms with Crippen LogP contribution in [0.15, 0.2) is 34.2 Å². The van der Waals surface area contributed by atoms with Crippen LogP contribution in [0.2, 0.25) is 0 Å². The Morgan fingerprint density at radius 1 is 1.16 bits per heavy atom. The summed E-state index contributed by atoms with van der Waals surface area (Å²) in [7, 11) is -3.69. The fourth-order valence-electron chi connectivity index (χ4n) is 3.47. The molecule has 0 saturated carbocycles. The molecule has 0 fully saturated rings. The van der Waals surface area contributed by atoms with Gasteiger partial charge in [-0.25, -0.2) is 13.2 Å². The van der Waals surface area contributed by atoms with Crippen molar-refractivity contribution in [3.63, 3.8) is 0 Å². The molecule has 0 aromatic heterocycles. The fourth-order valence-corrected chi connectivity index (χ4v) is 4.71. The number of fused-ring (bicyclic) bond motifs is 1. The molecule has 3 atom stereocenters. The first kappa shape index (κ1) is 25.6. The summed E-state index contributed by atoms with van der Waals surface area (Å²) in [6, 6.07) is 5.47. The Morgan fingerprint density at radius 3 is 2.47 bits per heavy atom. The molecule has 0 bridgehead atoms. The predicted octanol–water partition coefficient (Wildman–Crippen LogP) is 2.42. The lowest BCUT2D eigenvalue weighted by Crippen LogP contribution is -2.47. The Bertz CT molecular complexity index is 945. The average Bonchev–Trinajstić information content (AvgIpc) is 2.99. The molecule has 1 heterocycles. The molecule has 2 rings (SSSR count). The first-order valence-corrected chi connectivity index (χ1v) is 12.5. The number of aliphatic imine (C=N–C) groups is 1. The average molecular weight is 467 g/mol. The van der Waals surface area contributed by atoms with E-state index in [4.69, 9.17) is 4.74 Å². The highest BCUT2D eigenvalue weighted by Crippen LogP contribution is 2.24. The molecule has 1 aromatic rings. The van der Waals surface area contributed by atoms with Crippen LogP contribution in [0.4, 0.5) is 4.79 Å². The Balaban J connectivity index is 2.20. The maximum Gasteiger partial charge on any atom is 0.407 e. The van der Waals surface area contributed by atoms with Crippen molar-refractivity contribution in [1.82, 2.24) is 15.4 Å². The molecular formula is C22H34N4O5S. The van der Waals surface area contributed by atoms with Gasteiger partial charge in [-0.15, -0.1) is 0 Å². The van der Waals surface area contributed by atoms with Crippen LogP contribution < -0.4 is 15.4 Å². The van der Waals surface area contributed by atoms with Crippen molar-refractivity contribution in [2.24, 2.45) is 16.8 Å². The number of sulfonamides is 1. The molecule has 0 radical (unpaired) electrons. The summed E-state index contributed by atoms with van der Waals surface area (Å²) in [5.41, 5.74) is 0.454. The number of amides is 2. The van der Waals surface area contributed by atoms with Gasteiger partial charge in [0.05, 0.1) is 11.5 Å². The molecule has 1 aliphatic rings. The molecule has 32 heavy (non-hydrogen) atoms. The number of benzene rings is 1. The van der Waals surface area contributed by atoms with E-state index in [1.165, 1.54) is 6.07 Å². The number of alkyl carbamates (subject to hydrolysis) is 1. The van der Waals surface area contributed by atoms with Gasteiger partial charge < -0.3 is 15.4 Å². The first-order chi connectivity index (χ1) is 15.1. The molecule has 10 heteroatoms. The highest BCUT2D eigenvalue weighted by atomic mass is 32.2. The molecular weight excluding hydrogens is 432 g/mol. The summed E-state index contributed by atoms with van der Waals surface area (Å²) < 4.78 is 32.2. The summed E-state index contributed by atoms with van der Waals surface area (Å²) in [4.78, 5) is 29.6. The van der Waals surface area contributed by atoms with Crippen LogP contribution in [-0.2, 0) is 19.6 Å². The minimum atomic E-state index is -3.69. The van der Waals surface area contributed by atoms with E-state index in [-0.39, 0.29) is 41.7 Å². The van der Waals surface area contributed by atoms with Crippen LogP contribution >= 0.6 is 0 Å². The van der Waals surface area contributed by atoms with E-state index >= 15 is 0 Å². The monoisotopic (exact) mass is 466 g/mol. The van der Waals surface area contributed by atoms with E-state index in [1.54, 1.807) is 25.1 Å². The van der Waals surface area contributed by atoms with Gasteiger partial charge >= 0.3 is 6.09 Å². The van der Waals surface area contributed by atoms with Gasteiger partial charge in [0, 0.05) is 18.2 Å². The second kappa shape index (κ2) is 11.3. The van der Waals surface area contributed by atoms with Crippen molar-refractivity contribution >= 4 is 27.9 Å². The third kappa shape index (κ3) is 6.69. The molecule has 3 N–H and O–H groups in total. The van der Waals surface area contributed by atoms with E-state index < -0.39 is 22.2 Å². The number of ether oxygens (including phenoxy) is 1. The highest BCUT2D eigenvalue weighted by Gasteiger charge is 2.33. The Labute approximate surface area is 190 Å². The Kier molecular flexibility index (Phi) is 9.06. The van der Waals surface area contributed by atoms with Gasteiger partial charge in [0.1, 0.15) is 11.9 Å². The van der Waals surface area contributed by atoms with Gasteiger partial charge in [-0.05, 0) is 37.3 Å². The van der Waals surface area contributed by atoms with E-state index in [9.17, 15) is 18.0 Å². The van der Waals surface area contributed by atoms with Crippen molar-refractivity contribution in [3.8, 4) is 0 Å². The maximum absolute atomic E-state index is 13.1. The fraction of sp³-hybridized carbons (Fsp3) is 0.591. The minimum Gasteiger partial charge on any atom is -0.450 e. The van der Waals surface area contributed by atoms with Crippen LogP contribution in [0.5, 0.6) is 0 Å². The molecule has 1 unspecified atom stereocenters. The summed E-state index contributed by atoms with van der Waals surface area (Å²) in [5.74, 6) is 0.0226. The number of carbonyl (C=O) groups excluding carboxylic acids is 2. The number of hydrogen-bond acceptors (Lipinski definition) is 6. The largest absolute Gasteiger partial charge is 0.450 e. The molecule has 0 saturated heterocycles. The quantitative estimate of drug-likeness (QED) is 0.488. The molecule has 1 aromatic carbocycles. The van der Waals surface area contributed by atoms with Gasteiger partial charge in [0.2, 0.25) is 5.91 Å². The number of hydrogen-bond donors (Lipinski definition) is 3. The van der Waals surface area contributed by atoms with Gasteiger partial charge in [0.15, 0.2) is 0 Å². The summed E-state index contributed by atoms with van der Waals surface area (Å²) in [6.45, 7) is 10.1. The van der Waals surface area contributed by atoms with Gasteiger partial charge in [-0.2, -0.15) is 0 Å². The van der Waals surface area contributed by atoms with Crippen molar-refractivity contribution in [1.29, 1.82) is 0 Å². The lowest BCUT2D eigenvalue weighted by Gasteiger charge is -2.23. The molecule has 178 valence electrons. The third-order valence-electron chi connectivity index (χ3n) is 5.26. The SMILES string of the molecule is CCOC(=O)NC(CNC(=O)[C@@H](N=C1NS(=O)(=O)c2ccccc21)[C@@H](C)CC)CC(C)C. The van der Waals surface area contributed by atoms with Crippen molar-refractivity contribution < 1.29 is 22.7 Å².